The zero-order valence-corrected chi connectivity index (χ0v) is 12.2. The van der Waals surface area contributed by atoms with E-state index >= 15 is 0 Å². The molecule has 2 aromatic rings. The lowest BCUT2D eigenvalue weighted by atomic mass is 10.2. The number of hydrogen-bond acceptors (Lipinski definition) is 6. The van der Waals surface area contributed by atoms with Crippen LogP contribution < -0.4 is 11.3 Å². The Hall–Kier alpha value is -1.74. The van der Waals surface area contributed by atoms with E-state index < -0.39 is 19.5 Å². The van der Waals surface area contributed by atoms with Crippen molar-refractivity contribution >= 4 is 24.7 Å². The fourth-order valence-corrected chi connectivity index (χ4v) is 2.21. The Morgan fingerprint density at radius 2 is 2.29 bits per heavy atom. The molecule has 0 aliphatic heterocycles. The predicted octanol–water partition coefficient (Wildman–Crippen LogP) is -0.510. The Morgan fingerprint density at radius 1 is 1.57 bits per heavy atom. The summed E-state index contributed by atoms with van der Waals surface area (Å²) in [6.07, 6.45) is 0.846. The van der Waals surface area contributed by atoms with Crippen LogP contribution in [0, 0.1) is 5.92 Å². The maximum Gasteiger partial charge on any atom is 0.350 e. The molecule has 1 atom stereocenters. The fraction of sp³-hybridized carbons (Fsp3) is 0.500. The summed E-state index contributed by atoms with van der Waals surface area (Å²) in [6.45, 7) is 2.42. The number of nitrogens with zero attached hydrogens (tertiary/aromatic N) is 3. The van der Waals surface area contributed by atoms with Gasteiger partial charge in [0.25, 0.3) is 5.56 Å². The molecule has 0 aliphatic carbocycles. The first-order chi connectivity index (χ1) is 9.76. The van der Waals surface area contributed by atoms with Crippen LogP contribution >= 0.6 is 7.60 Å². The lowest BCUT2D eigenvalue weighted by Crippen LogP contribution is -2.16. The van der Waals surface area contributed by atoms with Gasteiger partial charge in [-0.25, -0.2) is 4.98 Å². The van der Waals surface area contributed by atoms with E-state index in [-0.39, 0.29) is 24.0 Å². The molecule has 2 aromatic heterocycles. The van der Waals surface area contributed by atoms with Crippen molar-refractivity contribution in [2.75, 3.05) is 18.7 Å². The van der Waals surface area contributed by atoms with Crippen molar-refractivity contribution in [2.45, 2.75) is 13.5 Å². The molecule has 0 fully saturated rings. The second-order valence-electron chi connectivity index (χ2n) is 4.79. The molecule has 10 nitrogen and oxygen atoms in total. The lowest BCUT2D eigenvalue weighted by Gasteiger charge is -2.13. The molecule has 2 heterocycles. The van der Waals surface area contributed by atoms with Crippen LogP contribution in [0.25, 0.3) is 11.2 Å². The molecule has 5 N–H and O–H groups in total. The van der Waals surface area contributed by atoms with Gasteiger partial charge in [-0.15, -0.1) is 0 Å². The van der Waals surface area contributed by atoms with E-state index in [2.05, 4.69) is 15.0 Å². The van der Waals surface area contributed by atoms with Crippen LogP contribution in [0.4, 0.5) is 5.95 Å². The zero-order chi connectivity index (χ0) is 15.6. The quantitative estimate of drug-likeness (QED) is 0.519. The average molecular weight is 317 g/mol. The minimum absolute atomic E-state index is 0.000322. The third-order valence-electron chi connectivity index (χ3n) is 2.66. The first-order valence-electron chi connectivity index (χ1n) is 6.09. The fourth-order valence-electron chi connectivity index (χ4n) is 1.87. The molecule has 1 unspecified atom stereocenters. The summed E-state index contributed by atoms with van der Waals surface area (Å²) in [5.41, 5.74) is 5.62. The van der Waals surface area contributed by atoms with E-state index in [0.717, 1.165) is 0 Å². The summed E-state index contributed by atoms with van der Waals surface area (Å²) < 4.78 is 17.3. The molecule has 0 aliphatic rings. The maximum absolute atomic E-state index is 11.6. The summed E-state index contributed by atoms with van der Waals surface area (Å²) in [6, 6.07) is 0. The van der Waals surface area contributed by atoms with Crippen molar-refractivity contribution in [3.05, 3.63) is 16.7 Å². The van der Waals surface area contributed by atoms with E-state index in [1.165, 1.54) is 6.33 Å². The van der Waals surface area contributed by atoms with E-state index in [1.807, 2.05) is 6.92 Å². The van der Waals surface area contributed by atoms with Crippen molar-refractivity contribution < 1.29 is 19.1 Å². The molecule has 0 radical (unpaired) electrons. The van der Waals surface area contributed by atoms with Gasteiger partial charge < -0.3 is 24.8 Å². The Labute approximate surface area is 119 Å². The highest BCUT2D eigenvalue weighted by Crippen LogP contribution is 2.33. The minimum Gasteiger partial charge on any atom is -0.369 e. The van der Waals surface area contributed by atoms with Gasteiger partial charge in [0.1, 0.15) is 6.35 Å². The summed E-state index contributed by atoms with van der Waals surface area (Å²) in [5.74, 6) is -0.0593. The summed E-state index contributed by atoms with van der Waals surface area (Å²) >= 11 is 0. The average Bonchev–Trinajstić information content (AvgIpc) is 2.71. The van der Waals surface area contributed by atoms with Gasteiger partial charge in [-0.1, -0.05) is 6.92 Å². The number of aromatic nitrogens is 4. The molecule has 0 bridgehead atoms. The van der Waals surface area contributed by atoms with Crippen LogP contribution in [0.5, 0.6) is 0 Å². The number of nitrogen functional groups attached to an aromatic ring is 1. The third-order valence-corrected chi connectivity index (χ3v) is 3.18. The number of aromatic amines is 1. The highest BCUT2D eigenvalue weighted by atomic mass is 31.2. The lowest BCUT2D eigenvalue weighted by molar-refractivity contribution is 0.121. The molecular formula is C10H16N5O5P. The molecule has 21 heavy (non-hydrogen) atoms. The van der Waals surface area contributed by atoms with Crippen LogP contribution in [0.3, 0.4) is 0 Å². The number of rotatable bonds is 6. The van der Waals surface area contributed by atoms with Gasteiger partial charge in [-0.2, -0.15) is 4.98 Å². The van der Waals surface area contributed by atoms with E-state index in [0.29, 0.717) is 12.2 Å². The summed E-state index contributed by atoms with van der Waals surface area (Å²) in [5, 5.41) is 0. The van der Waals surface area contributed by atoms with Gasteiger partial charge in [0.2, 0.25) is 5.95 Å². The molecule has 0 aromatic carbocycles. The van der Waals surface area contributed by atoms with E-state index in [4.69, 9.17) is 20.3 Å². The number of anilines is 1. The normalized spacial score (nSPS) is 13.7. The molecule has 0 saturated carbocycles. The topological polar surface area (TPSA) is 156 Å². The van der Waals surface area contributed by atoms with Gasteiger partial charge >= 0.3 is 7.60 Å². The standard InChI is InChI=1S/C10H16N5O5P/c1-6(3-20-5-21(17,18)19)2-15-4-12-7-8(15)13-10(11)14-9(7)16/h4,6H,2-3,5H2,1H3,(H2,17,18,19)(H3,11,13,14,16). The number of H-pyrrole nitrogens is 1. The summed E-state index contributed by atoms with van der Waals surface area (Å²) in [7, 11) is -4.16. The first kappa shape index (κ1) is 15.6. The highest BCUT2D eigenvalue weighted by molar-refractivity contribution is 7.51. The maximum atomic E-state index is 11.6. The van der Waals surface area contributed by atoms with Crippen molar-refractivity contribution in [1.82, 2.24) is 19.5 Å². The SMILES string of the molecule is CC(COCP(=O)(O)O)Cn1cnc2c(=O)[nH]c(N)nc21. The van der Waals surface area contributed by atoms with Gasteiger partial charge in [-0.3, -0.25) is 14.3 Å². The second-order valence-corrected chi connectivity index (χ2v) is 6.38. The van der Waals surface area contributed by atoms with Crippen LogP contribution in [-0.2, 0) is 15.8 Å². The Balaban J connectivity index is 2.06. The Kier molecular flexibility index (Phi) is 4.43. The highest BCUT2D eigenvalue weighted by Gasteiger charge is 2.15. The number of nitrogens with two attached hydrogens (primary N) is 1. The Morgan fingerprint density at radius 3 is 2.95 bits per heavy atom. The summed E-state index contributed by atoms with van der Waals surface area (Å²) in [4.78, 5) is 39.4. The van der Waals surface area contributed by atoms with Crippen molar-refractivity contribution in [2.24, 2.45) is 5.92 Å². The Bertz CT molecular complexity index is 735. The zero-order valence-electron chi connectivity index (χ0n) is 11.3. The van der Waals surface area contributed by atoms with Crippen LogP contribution in [0.15, 0.2) is 11.1 Å². The van der Waals surface area contributed by atoms with Crippen LogP contribution in [0.2, 0.25) is 0 Å². The molecule has 0 spiro atoms. The van der Waals surface area contributed by atoms with Crippen LogP contribution in [-0.4, -0.2) is 42.3 Å². The molecule has 0 saturated heterocycles. The molecular weight excluding hydrogens is 301 g/mol. The number of nitrogens with one attached hydrogen (secondary N) is 1. The largest absolute Gasteiger partial charge is 0.369 e. The predicted molar refractivity (Wildman–Crippen MR) is 74.6 cm³/mol. The van der Waals surface area contributed by atoms with Crippen LogP contribution in [0.1, 0.15) is 6.92 Å². The monoisotopic (exact) mass is 317 g/mol. The van der Waals surface area contributed by atoms with Crippen molar-refractivity contribution in [3.63, 3.8) is 0 Å². The minimum atomic E-state index is -4.16. The molecule has 11 heteroatoms. The molecule has 116 valence electrons. The van der Waals surface area contributed by atoms with Crippen molar-refractivity contribution in [3.8, 4) is 0 Å². The van der Waals surface area contributed by atoms with Gasteiger partial charge in [0.15, 0.2) is 11.2 Å². The van der Waals surface area contributed by atoms with Gasteiger partial charge in [-0.05, 0) is 5.92 Å². The first-order valence-corrected chi connectivity index (χ1v) is 7.89. The van der Waals surface area contributed by atoms with E-state index in [1.54, 1.807) is 4.57 Å². The smallest absolute Gasteiger partial charge is 0.350 e. The number of imidazole rings is 1. The van der Waals surface area contributed by atoms with Gasteiger partial charge in [0, 0.05) is 6.54 Å². The number of hydrogen-bond donors (Lipinski definition) is 4. The number of ether oxygens (including phenoxy) is 1. The molecule has 0 amide bonds. The van der Waals surface area contributed by atoms with Gasteiger partial charge in [0.05, 0.1) is 12.9 Å². The molecule has 2 rings (SSSR count). The van der Waals surface area contributed by atoms with E-state index in [9.17, 15) is 9.36 Å². The number of fused-ring (bicyclic) bond motifs is 1. The third kappa shape index (κ3) is 4.11. The van der Waals surface area contributed by atoms with Crippen molar-refractivity contribution in [1.29, 1.82) is 0 Å². The second kappa shape index (κ2) is 5.94.